The van der Waals surface area contributed by atoms with Crippen LogP contribution in [-0.4, -0.2) is 15.7 Å². The highest BCUT2D eigenvalue weighted by atomic mass is 19.4. The maximum Gasteiger partial charge on any atom is 0.435 e. The zero-order valence-corrected chi connectivity index (χ0v) is 15.3. The number of rotatable bonds is 4. The second-order valence-electron chi connectivity index (χ2n) is 6.30. The lowest BCUT2D eigenvalue weighted by molar-refractivity contribution is -0.141. The normalized spacial score (nSPS) is 11.5. The number of nitrogens with one attached hydrogen (secondary N) is 1. The van der Waals surface area contributed by atoms with Gasteiger partial charge in [0.25, 0.3) is 5.91 Å². The Morgan fingerprint density at radius 2 is 1.89 bits per heavy atom. The lowest BCUT2D eigenvalue weighted by Crippen LogP contribution is -2.13. The average Bonchev–Trinajstić information content (AvgIpc) is 3.08. The molecule has 0 unspecified atom stereocenters. The van der Waals surface area contributed by atoms with E-state index in [1.165, 1.54) is 22.9 Å². The van der Waals surface area contributed by atoms with Crippen molar-refractivity contribution in [1.82, 2.24) is 9.78 Å². The standard InChI is InChI=1S/C20H19F3N4O/c1-3-27-17(11-18(26-27)20(21,22)23)14-9-8-13(10-15(14)24)19(28)25-16-7-5-4-6-12(16)2/h4-11H,3,24H2,1-2H3,(H,25,28). The molecule has 0 aliphatic rings. The topological polar surface area (TPSA) is 72.9 Å². The van der Waals surface area contributed by atoms with E-state index in [1.807, 2.05) is 25.1 Å². The van der Waals surface area contributed by atoms with Gasteiger partial charge in [-0.1, -0.05) is 18.2 Å². The van der Waals surface area contributed by atoms with Crippen molar-refractivity contribution in [2.75, 3.05) is 11.1 Å². The van der Waals surface area contributed by atoms with E-state index in [-0.39, 0.29) is 23.8 Å². The van der Waals surface area contributed by atoms with E-state index in [2.05, 4.69) is 10.4 Å². The molecule has 0 aliphatic heterocycles. The molecular weight excluding hydrogens is 369 g/mol. The fourth-order valence-electron chi connectivity index (χ4n) is 2.86. The molecule has 0 saturated heterocycles. The summed E-state index contributed by atoms with van der Waals surface area (Å²) in [6.07, 6.45) is -4.54. The summed E-state index contributed by atoms with van der Waals surface area (Å²) in [5, 5.41) is 6.40. The Balaban J connectivity index is 1.92. The summed E-state index contributed by atoms with van der Waals surface area (Å²) in [7, 11) is 0. The number of alkyl halides is 3. The van der Waals surface area contributed by atoms with E-state index < -0.39 is 11.9 Å². The van der Waals surface area contributed by atoms with Gasteiger partial charge in [0, 0.05) is 29.0 Å². The van der Waals surface area contributed by atoms with Gasteiger partial charge in [-0.05, 0) is 49.7 Å². The minimum Gasteiger partial charge on any atom is -0.398 e. The van der Waals surface area contributed by atoms with Gasteiger partial charge >= 0.3 is 6.18 Å². The second-order valence-corrected chi connectivity index (χ2v) is 6.30. The molecule has 8 heteroatoms. The van der Waals surface area contributed by atoms with Crippen molar-refractivity contribution in [3.05, 3.63) is 65.4 Å². The van der Waals surface area contributed by atoms with Crippen LogP contribution in [0.3, 0.4) is 0 Å². The first-order valence-electron chi connectivity index (χ1n) is 8.62. The first kappa shape index (κ1) is 19.5. The zero-order chi connectivity index (χ0) is 20.5. The summed E-state index contributed by atoms with van der Waals surface area (Å²) in [6.45, 7) is 3.81. The molecule has 2 aromatic carbocycles. The Morgan fingerprint density at radius 3 is 2.50 bits per heavy atom. The Bertz CT molecular complexity index is 1020. The van der Waals surface area contributed by atoms with Crippen molar-refractivity contribution in [3.63, 3.8) is 0 Å². The van der Waals surface area contributed by atoms with Gasteiger partial charge in [-0.3, -0.25) is 9.48 Å². The largest absolute Gasteiger partial charge is 0.435 e. The summed E-state index contributed by atoms with van der Waals surface area (Å²) in [5.74, 6) is -0.354. The molecule has 0 fully saturated rings. The number of benzene rings is 2. The molecule has 0 radical (unpaired) electrons. The molecule has 0 spiro atoms. The van der Waals surface area contributed by atoms with Crippen molar-refractivity contribution < 1.29 is 18.0 Å². The first-order valence-corrected chi connectivity index (χ1v) is 8.62. The number of para-hydroxylation sites is 1. The third kappa shape index (κ3) is 3.85. The maximum absolute atomic E-state index is 13.0. The van der Waals surface area contributed by atoms with Crippen LogP contribution in [0.5, 0.6) is 0 Å². The van der Waals surface area contributed by atoms with E-state index in [1.54, 1.807) is 13.0 Å². The monoisotopic (exact) mass is 388 g/mol. The van der Waals surface area contributed by atoms with Crippen LogP contribution < -0.4 is 11.1 Å². The molecule has 3 rings (SSSR count). The molecule has 0 saturated carbocycles. The molecule has 5 nitrogen and oxygen atoms in total. The number of nitrogens with two attached hydrogens (primary N) is 1. The van der Waals surface area contributed by atoms with E-state index >= 15 is 0 Å². The van der Waals surface area contributed by atoms with Crippen molar-refractivity contribution in [2.24, 2.45) is 0 Å². The number of carbonyl (C=O) groups excluding carboxylic acids is 1. The van der Waals surface area contributed by atoms with E-state index in [0.29, 0.717) is 16.8 Å². The third-order valence-electron chi connectivity index (χ3n) is 4.35. The van der Waals surface area contributed by atoms with Crippen LogP contribution in [0.1, 0.15) is 28.5 Å². The Kier molecular flexibility index (Phi) is 5.13. The SMILES string of the molecule is CCn1nc(C(F)(F)F)cc1-c1ccc(C(=O)Nc2ccccc2C)cc1N. The number of hydrogen-bond acceptors (Lipinski definition) is 3. The highest BCUT2D eigenvalue weighted by Gasteiger charge is 2.35. The van der Waals surface area contributed by atoms with Crippen LogP contribution in [0.25, 0.3) is 11.3 Å². The molecular formula is C20H19F3N4O. The van der Waals surface area contributed by atoms with E-state index in [4.69, 9.17) is 5.73 Å². The van der Waals surface area contributed by atoms with Gasteiger partial charge in [0.1, 0.15) is 0 Å². The minimum absolute atomic E-state index is 0.195. The number of hydrogen-bond donors (Lipinski definition) is 2. The molecule has 3 aromatic rings. The van der Waals surface area contributed by atoms with Gasteiger partial charge in [-0.15, -0.1) is 0 Å². The predicted octanol–water partition coefficient (Wildman–Crippen LogP) is 4.73. The van der Waals surface area contributed by atoms with Crippen molar-refractivity contribution in [1.29, 1.82) is 0 Å². The Hall–Kier alpha value is -3.29. The summed E-state index contributed by atoms with van der Waals surface area (Å²) in [5.41, 5.74) is 7.80. The minimum atomic E-state index is -4.54. The molecule has 146 valence electrons. The van der Waals surface area contributed by atoms with Crippen LogP contribution >= 0.6 is 0 Å². The van der Waals surface area contributed by atoms with Gasteiger partial charge in [0.2, 0.25) is 0 Å². The number of nitrogen functional groups attached to an aromatic ring is 1. The van der Waals surface area contributed by atoms with Crippen molar-refractivity contribution in [2.45, 2.75) is 26.6 Å². The second kappa shape index (κ2) is 7.38. The molecule has 3 N–H and O–H groups in total. The van der Waals surface area contributed by atoms with Gasteiger partial charge < -0.3 is 11.1 Å². The van der Waals surface area contributed by atoms with E-state index in [0.717, 1.165) is 11.6 Å². The zero-order valence-electron chi connectivity index (χ0n) is 15.3. The van der Waals surface area contributed by atoms with Crippen LogP contribution in [0.2, 0.25) is 0 Å². The summed E-state index contributed by atoms with van der Waals surface area (Å²) in [6, 6.07) is 12.8. The van der Waals surface area contributed by atoms with Gasteiger partial charge in [-0.25, -0.2) is 0 Å². The quantitative estimate of drug-likeness (QED) is 0.635. The lowest BCUT2D eigenvalue weighted by atomic mass is 10.0. The number of aromatic nitrogens is 2. The number of nitrogens with zero attached hydrogens (tertiary/aromatic N) is 2. The van der Waals surface area contributed by atoms with Gasteiger partial charge in [0.15, 0.2) is 5.69 Å². The summed E-state index contributed by atoms with van der Waals surface area (Å²) < 4.78 is 40.2. The smallest absolute Gasteiger partial charge is 0.398 e. The van der Waals surface area contributed by atoms with Gasteiger partial charge in [-0.2, -0.15) is 18.3 Å². The Morgan fingerprint density at radius 1 is 1.18 bits per heavy atom. The number of amides is 1. The first-order chi connectivity index (χ1) is 13.2. The van der Waals surface area contributed by atoms with Crippen LogP contribution in [0, 0.1) is 6.92 Å². The van der Waals surface area contributed by atoms with Gasteiger partial charge in [0.05, 0.1) is 5.69 Å². The highest BCUT2D eigenvalue weighted by Crippen LogP contribution is 2.34. The fraction of sp³-hybridized carbons (Fsp3) is 0.200. The maximum atomic E-state index is 13.0. The molecule has 0 aliphatic carbocycles. The number of carbonyl (C=O) groups is 1. The van der Waals surface area contributed by atoms with Crippen molar-refractivity contribution in [3.8, 4) is 11.3 Å². The third-order valence-corrected chi connectivity index (χ3v) is 4.35. The molecule has 28 heavy (non-hydrogen) atoms. The molecule has 1 aromatic heterocycles. The van der Waals surface area contributed by atoms with Crippen molar-refractivity contribution >= 4 is 17.3 Å². The number of aryl methyl sites for hydroxylation is 2. The van der Waals surface area contributed by atoms with Crippen LogP contribution in [0.15, 0.2) is 48.5 Å². The molecule has 1 heterocycles. The lowest BCUT2D eigenvalue weighted by Gasteiger charge is -2.11. The summed E-state index contributed by atoms with van der Waals surface area (Å²) >= 11 is 0. The molecule has 0 bridgehead atoms. The average molecular weight is 388 g/mol. The summed E-state index contributed by atoms with van der Waals surface area (Å²) in [4.78, 5) is 12.5. The van der Waals surface area contributed by atoms with E-state index in [9.17, 15) is 18.0 Å². The predicted molar refractivity (Wildman–Crippen MR) is 102 cm³/mol. The number of halogens is 3. The molecule has 1 amide bonds. The Labute approximate surface area is 160 Å². The number of anilines is 2. The fourth-order valence-corrected chi connectivity index (χ4v) is 2.86. The van der Waals surface area contributed by atoms with Crippen LogP contribution in [0.4, 0.5) is 24.5 Å². The highest BCUT2D eigenvalue weighted by molar-refractivity contribution is 6.05. The molecule has 0 atom stereocenters. The van der Waals surface area contributed by atoms with Crippen LogP contribution in [-0.2, 0) is 12.7 Å².